The molecule has 0 bridgehead atoms. The second-order valence-corrected chi connectivity index (χ2v) is 6.90. The van der Waals surface area contributed by atoms with Gasteiger partial charge in [-0.05, 0) is 37.3 Å². The lowest BCUT2D eigenvalue weighted by Gasteiger charge is -2.13. The van der Waals surface area contributed by atoms with Crippen LogP contribution in [0, 0.1) is 10.4 Å². The van der Waals surface area contributed by atoms with Gasteiger partial charge in [0.2, 0.25) is 0 Å². The Morgan fingerprint density at radius 2 is 1.94 bits per heavy atom. The van der Waals surface area contributed by atoms with Gasteiger partial charge in [0.15, 0.2) is 5.11 Å². The molecule has 0 aliphatic carbocycles. The number of carbonyl (C=O) groups is 1. The fraction of sp³-hybridized carbons (Fsp3) is 0.136. The van der Waals surface area contributed by atoms with E-state index >= 15 is 0 Å². The van der Waals surface area contributed by atoms with Crippen LogP contribution in [0.2, 0.25) is 0 Å². The summed E-state index contributed by atoms with van der Waals surface area (Å²) in [7, 11) is 0. The summed E-state index contributed by atoms with van der Waals surface area (Å²) in [6.07, 6.45) is 3.09. The van der Waals surface area contributed by atoms with Gasteiger partial charge >= 0.3 is 17.4 Å². The van der Waals surface area contributed by atoms with Crippen LogP contribution in [-0.4, -0.2) is 30.4 Å². The van der Waals surface area contributed by atoms with Crippen LogP contribution in [0.4, 0.5) is 0 Å². The molecular weight excluding hydrogens is 430 g/mol. The Morgan fingerprint density at radius 1 is 1.19 bits per heavy atom. The Labute approximate surface area is 189 Å². The normalized spacial score (nSPS) is 10.8. The van der Waals surface area contributed by atoms with Crippen molar-refractivity contribution in [2.75, 3.05) is 13.2 Å². The third kappa shape index (κ3) is 4.81. The molecule has 3 aromatic rings. The summed E-state index contributed by atoms with van der Waals surface area (Å²) in [5.41, 5.74) is 3.21. The maximum atomic E-state index is 13.2. The van der Waals surface area contributed by atoms with Gasteiger partial charge in [-0.25, -0.2) is 4.79 Å². The molecule has 2 N–H and O–H groups in total. The standard InChI is InChI=1S/C22H21N5O4S/c1-3-12-23-22(32)25-24-14-15-10-11-17-18(13-15)27(30)20(21(28)31-4-2)19(26(17)29)16-8-6-5-7-9-16/h3,5-11,13-14H,1,4,12H2,2H3,(H2,23,25,32)/b24-14+. The number of aromatic nitrogens is 2. The fourth-order valence-corrected chi connectivity index (χ4v) is 3.12. The number of thiocarbonyl (C=S) groups is 1. The molecule has 164 valence electrons. The van der Waals surface area contributed by atoms with E-state index in [1.54, 1.807) is 49.4 Å². The summed E-state index contributed by atoms with van der Waals surface area (Å²) >= 11 is 5.05. The highest BCUT2D eigenvalue weighted by molar-refractivity contribution is 7.80. The van der Waals surface area contributed by atoms with Crippen molar-refractivity contribution in [1.82, 2.24) is 10.7 Å². The van der Waals surface area contributed by atoms with E-state index in [2.05, 4.69) is 22.4 Å². The summed E-state index contributed by atoms with van der Waals surface area (Å²) < 4.78 is 6.04. The Bertz CT molecular complexity index is 1200. The summed E-state index contributed by atoms with van der Waals surface area (Å²) in [6.45, 7) is 5.74. The molecule has 0 spiro atoms. The monoisotopic (exact) mass is 451 g/mol. The van der Waals surface area contributed by atoms with Crippen molar-refractivity contribution in [1.29, 1.82) is 0 Å². The van der Waals surface area contributed by atoms with E-state index in [0.717, 1.165) is 0 Å². The summed E-state index contributed by atoms with van der Waals surface area (Å²) in [4.78, 5) is 12.6. The minimum atomic E-state index is -0.882. The Kier molecular flexibility index (Phi) is 7.29. The molecule has 0 fully saturated rings. The van der Waals surface area contributed by atoms with Crippen LogP contribution in [-0.2, 0) is 4.74 Å². The van der Waals surface area contributed by atoms with Gasteiger partial charge in [-0.15, -0.1) is 11.3 Å². The van der Waals surface area contributed by atoms with Gasteiger partial charge in [0.25, 0.3) is 11.0 Å². The molecular formula is C22H21N5O4S. The maximum absolute atomic E-state index is 13.2. The molecule has 1 heterocycles. The van der Waals surface area contributed by atoms with Crippen LogP contribution in [0.15, 0.2) is 66.3 Å². The van der Waals surface area contributed by atoms with Crippen molar-refractivity contribution in [2.45, 2.75) is 6.92 Å². The van der Waals surface area contributed by atoms with Crippen molar-refractivity contribution in [3.8, 4) is 11.3 Å². The zero-order valence-electron chi connectivity index (χ0n) is 17.3. The van der Waals surface area contributed by atoms with Crippen LogP contribution < -0.4 is 20.2 Å². The van der Waals surface area contributed by atoms with Gasteiger partial charge in [-0.3, -0.25) is 5.43 Å². The number of hydrogen-bond donors (Lipinski definition) is 2. The first-order chi connectivity index (χ1) is 15.5. The predicted octanol–water partition coefficient (Wildman–Crippen LogP) is 1.93. The lowest BCUT2D eigenvalue weighted by Crippen LogP contribution is -2.46. The SMILES string of the molecule is C=CCNC(=S)N/N=C/c1ccc2c(c1)[n+]([O-])c(C(=O)OCC)c(-c1ccccc1)[n+]2[O-]. The lowest BCUT2D eigenvalue weighted by atomic mass is 10.1. The number of nitrogens with one attached hydrogen (secondary N) is 2. The maximum Gasteiger partial charge on any atom is 0.412 e. The van der Waals surface area contributed by atoms with E-state index in [-0.39, 0.29) is 29.0 Å². The topological polar surface area (TPSA) is 117 Å². The zero-order valence-corrected chi connectivity index (χ0v) is 18.1. The van der Waals surface area contributed by atoms with E-state index < -0.39 is 5.97 Å². The van der Waals surface area contributed by atoms with E-state index in [9.17, 15) is 15.2 Å². The average molecular weight is 452 g/mol. The average Bonchev–Trinajstić information content (AvgIpc) is 2.80. The Morgan fingerprint density at radius 3 is 2.62 bits per heavy atom. The molecule has 0 amide bonds. The molecule has 2 aromatic carbocycles. The second kappa shape index (κ2) is 10.3. The van der Waals surface area contributed by atoms with Gasteiger partial charge < -0.3 is 20.5 Å². The summed E-state index contributed by atoms with van der Waals surface area (Å²) in [5.74, 6) is -0.882. The van der Waals surface area contributed by atoms with Gasteiger partial charge in [-0.2, -0.15) is 9.83 Å². The largest absolute Gasteiger partial charge is 0.617 e. The molecule has 0 saturated heterocycles. The quantitative estimate of drug-likeness (QED) is 0.107. The number of hydrogen-bond acceptors (Lipinski definition) is 6. The number of nitrogens with zero attached hydrogens (tertiary/aromatic N) is 3. The number of ether oxygens (including phenoxy) is 1. The van der Waals surface area contributed by atoms with E-state index in [1.165, 1.54) is 18.3 Å². The number of carbonyl (C=O) groups excluding carboxylic acids is 1. The molecule has 32 heavy (non-hydrogen) atoms. The highest BCUT2D eigenvalue weighted by Crippen LogP contribution is 2.21. The van der Waals surface area contributed by atoms with E-state index in [0.29, 0.717) is 32.2 Å². The highest BCUT2D eigenvalue weighted by atomic mass is 32.1. The van der Waals surface area contributed by atoms with Crippen molar-refractivity contribution in [3.05, 3.63) is 82.9 Å². The first kappa shape index (κ1) is 22.6. The number of esters is 1. The van der Waals surface area contributed by atoms with Crippen LogP contribution >= 0.6 is 12.2 Å². The molecule has 0 saturated carbocycles. The third-order valence-electron chi connectivity index (χ3n) is 4.37. The molecule has 10 heteroatoms. The molecule has 0 unspecified atom stereocenters. The molecule has 3 rings (SSSR count). The zero-order chi connectivity index (χ0) is 23.1. The first-order valence-electron chi connectivity index (χ1n) is 9.71. The second-order valence-electron chi connectivity index (χ2n) is 6.49. The number of benzene rings is 2. The molecule has 9 nitrogen and oxygen atoms in total. The van der Waals surface area contributed by atoms with Crippen LogP contribution in [0.5, 0.6) is 0 Å². The molecule has 1 aromatic heterocycles. The Hall–Kier alpha value is -4.05. The highest BCUT2D eigenvalue weighted by Gasteiger charge is 2.35. The van der Waals surface area contributed by atoms with Gasteiger partial charge in [-0.1, -0.05) is 24.3 Å². The molecule has 0 radical (unpaired) electrons. The Balaban J connectivity index is 2.09. The van der Waals surface area contributed by atoms with Crippen LogP contribution in [0.25, 0.3) is 22.3 Å². The van der Waals surface area contributed by atoms with Gasteiger partial charge in [0.05, 0.1) is 18.4 Å². The van der Waals surface area contributed by atoms with Gasteiger partial charge in [0, 0.05) is 24.2 Å². The summed E-state index contributed by atoms with van der Waals surface area (Å²) in [6, 6.07) is 13.1. The van der Waals surface area contributed by atoms with Crippen molar-refractivity contribution < 1.29 is 19.0 Å². The number of hydrazone groups is 1. The molecule has 0 aliphatic rings. The third-order valence-corrected chi connectivity index (χ3v) is 4.61. The number of fused-ring (bicyclic) bond motifs is 1. The predicted molar refractivity (Wildman–Crippen MR) is 125 cm³/mol. The molecule has 0 atom stereocenters. The minimum Gasteiger partial charge on any atom is -0.617 e. The number of rotatable bonds is 7. The van der Waals surface area contributed by atoms with E-state index in [4.69, 9.17) is 17.0 Å². The lowest BCUT2D eigenvalue weighted by molar-refractivity contribution is -0.622. The fourth-order valence-electron chi connectivity index (χ4n) is 2.99. The van der Waals surface area contributed by atoms with E-state index in [1.807, 2.05) is 0 Å². The summed E-state index contributed by atoms with van der Waals surface area (Å²) in [5, 5.41) is 33.6. The van der Waals surface area contributed by atoms with Crippen molar-refractivity contribution in [2.24, 2.45) is 5.10 Å². The van der Waals surface area contributed by atoms with Crippen LogP contribution in [0.3, 0.4) is 0 Å². The molecule has 0 aliphatic heterocycles. The van der Waals surface area contributed by atoms with Gasteiger partial charge in [0.1, 0.15) is 0 Å². The first-order valence-corrected chi connectivity index (χ1v) is 10.1. The smallest absolute Gasteiger partial charge is 0.412 e. The van der Waals surface area contributed by atoms with Crippen molar-refractivity contribution in [3.63, 3.8) is 0 Å². The van der Waals surface area contributed by atoms with Crippen LogP contribution in [0.1, 0.15) is 23.0 Å². The van der Waals surface area contributed by atoms with Crippen molar-refractivity contribution >= 4 is 40.5 Å². The minimum absolute atomic E-state index is 0.000886.